The van der Waals surface area contributed by atoms with Gasteiger partial charge in [-0.15, -0.1) is 0 Å². The van der Waals surface area contributed by atoms with E-state index >= 15 is 0 Å². The second kappa shape index (κ2) is 9.01. The van der Waals surface area contributed by atoms with Crippen molar-refractivity contribution in [2.45, 2.75) is 19.3 Å². The van der Waals surface area contributed by atoms with Crippen LogP contribution in [0.15, 0.2) is 140 Å². The van der Waals surface area contributed by atoms with E-state index in [1.165, 1.54) is 66.1 Å². The zero-order chi connectivity index (χ0) is 27.6. The second-order valence-corrected chi connectivity index (χ2v) is 11.5. The van der Waals surface area contributed by atoms with Crippen molar-refractivity contribution in [2.24, 2.45) is 0 Å². The molecule has 1 aliphatic rings. The molecule has 1 aliphatic carbocycles. The molecule has 0 unspecified atom stereocenters. The fraction of sp³-hybridized carbons (Fsp3) is 0.0750. The molecule has 0 amide bonds. The molecule has 0 fully saturated rings. The van der Waals surface area contributed by atoms with E-state index in [-0.39, 0.29) is 5.41 Å². The Morgan fingerprint density at radius 2 is 0.976 bits per heavy atom. The minimum absolute atomic E-state index is 0.0202. The Kier molecular flexibility index (Phi) is 5.24. The van der Waals surface area contributed by atoms with Gasteiger partial charge in [0.2, 0.25) is 0 Å². The molecule has 0 bridgehead atoms. The summed E-state index contributed by atoms with van der Waals surface area (Å²) in [5, 5.41) is 4.94. The van der Waals surface area contributed by atoms with Crippen LogP contribution in [0.3, 0.4) is 0 Å². The average molecular weight is 524 g/mol. The number of pyridine rings is 1. The van der Waals surface area contributed by atoms with Gasteiger partial charge in [0.1, 0.15) is 0 Å². The topological polar surface area (TPSA) is 12.9 Å². The van der Waals surface area contributed by atoms with Gasteiger partial charge in [-0.05, 0) is 66.6 Å². The van der Waals surface area contributed by atoms with E-state index in [9.17, 15) is 0 Å². The number of nitrogens with zero attached hydrogens (tertiary/aromatic N) is 1. The van der Waals surface area contributed by atoms with Crippen molar-refractivity contribution < 1.29 is 0 Å². The highest BCUT2D eigenvalue weighted by molar-refractivity contribution is 6.21. The highest BCUT2D eigenvalue weighted by Gasteiger charge is 2.36. The van der Waals surface area contributed by atoms with Crippen molar-refractivity contribution in [1.29, 1.82) is 0 Å². The molecular weight excluding hydrogens is 494 g/mol. The third-order valence-electron chi connectivity index (χ3n) is 8.93. The summed E-state index contributed by atoms with van der Waals surface area (Å²) in [7, 11) is 0. The monoisotopic (exact) mass is 523 g/mol. The molecule has 0 saturated carbocycles. The van der Waals surface area contributed by atoms with E-state index in [0.717, 1.165) is 11.3 Å². The normalized spacial score (nSPS) is 13.3. The molecule has 6 aromatic carbocycles. The Bertz CT molecular complexity index is 2040. The summed E-state index contributed by atoms with van der Waals surface area (Å²) >= 11 is 0. The smallest absolute Gasteiger partial charge is 0.0714 e. The molecule has 8 rings (SSSR count). The van der Waals surface area contributed by atoms with Crippen LogP contribution in [0, 0.1) is 0 Å². The van der Waals surface area contributed by atoms with E-state index < -0.39 is 0 Å². The molecule has 1 heterocycles. The van der Waals surface area contributed by atoms with Crippen LogP contribution >= 0.6 is 0 Å². The Morgan fingerprint density at radius 1 is 0.415 bits per heavy atom. The zero-order valence-corrected chi connectivity index (χ0v) is 23.2. The third-order valence-corrected chi connectivity index (χ3v) is 8.93. The SMILES string of the molecule is CC1(C)c2ccccc2-c2c(-c3ccc(-c4c5ccccc5c(-c5ccccc5)c5ccccc45)nc3)cccc21. The molecule has 1 aromatic heterocycles. The molecule has 194 valence electrons. The minimum atomic E-state index is -0.0202. The van der Waals surface area contributed by atoms with Gasteiger partial charge < -0.3 is 0 Å². The number of hydrogen-bond donors (Lipinski definition) is 0. The summed E-state index contributed by atoms with van der Waals surface area (Å²) in [6, 6.07) is 48.3. The van der Waals surface area contributed by atoms with Gasteiger partial charge in [-0.1, -0.05) is 141 Å². The molecule has 0 atom stereocenters. The van der Waals surface area contributed by atoms with E-state index in [2.05, 4.69) is 154 Å². The fourth-order valence-electron chi connectivity index (χ4n) is 7.02. The van der Waals surface area contributed by atoms with Crippen LogP contribution in [0.1, 0.15) is 25.0 Å². The summed E-state index contributed by atoms with van der Waals surface area (Å²) in [4.78, 5) is 5.15. The first-order valence-electron chi connectivity index (χ1n) is 14.3. The van der Waals surface area contributed by atoms with Crippen LogP contribution in [0.25, 0.3) is 66.2 Å². The van der Waals surface area contributed by atoms with Crippen LogP contribution in [-0.4, -0.2) is 4.98 Å². The van der Waals surface area contributed by atoms with Crippen LogP contribution in [-0.2, 0) is 5.41 Å². The van der Waals surface area contributed by atoms with Gasteiger partial charge in [0.05, 0.1) is 5.69 Å². The Labute approximate surface area is 240 Å². The maximum Gasteiger partial charge on any atom is 0.0714 e. The van der Waals surface area contributed by atoms with Crippen molar-refractivity contribution in [1.82, 2.24) is 4.98 Å². The maximum absolute atomic E-state index is 5.15. The quantitative estimate of drug-likeness (QED) is 0.210. The summed E-state index contributed by atoms with van der Waals surface area (Å²) < 4.78 is 0. The first kappa shape index (κ1) is 23.8. The van der Waals surface area contributed by atoms with Crippen LogP contribution in [0.5, 0.6) is 0 Å². The van der Waals surface area contributed by atoms with Crippen molar-refractivity contribution in [3.05, 3.63) is 151 Å². The second-order valence-electron chi connectivity index (χ2n) is 11.5. The Hall–Kier alpha value is -5.01. The van der Waals surface area contributed by atoms with E-state index in [0.29, 0.717) is 0 Å². The van der Waals surface area contributed by atoms with Crippen molar-refractivity contribution >= 4 is 21.5 Å². The lowest BCUT2D eigenvalue weighted by atomic mass is 9.82. The van der Waals surface area contributed by atoms with E-state index in [1.807, 2.05) is 0 Å². The summed E-state index contributed by atoms with van der Waals surface area (Å²) in [6.07, 6.45) is 2.06. The highest BCUT2D eigenvalue weighted by Crippen LogP contribution is 2.52. The molecule has 1 heteroatoms. The van der Waals surface area contributed by atoms with Gasteiger partial charge in [-0.2, -0.15) is 0 Å². The van der Waals surface area contributed by atoms with Crippen LogP contribution in [0.4, 0.5) is 0 Å². The lowest BCUT2D eigenvalue weighted by molar-refractivity contribution is 0.660. The van der Waals surface area contributed by atoms with Gasteiger partial charge in [-0.25, -0.2) is 0 Å². The van der Waals surface area contributed by atoms with Crippen LogP contribution in [0.2, 0.25) is 0 Å². The molecule has 0 saturated heterocycles. The Balaban J connectivity index is 1.33. The number of hydrogen-bond acceptors (Lipinski definition) is 1. The standard InChI is InChI=1S/C40H29N/c1-40(2)34-21-11-10-19-33(34)38-28(20-12-22-35(38)40)27-23-24-36(41-25-27)39-31-17-8-6-15-29(31)37(26-13-4-3-5-14-26)30-16-7-9-18-32(30)39/h3-25H,1-2H3. The number of benzene rings is 6. The predicted octanol–water partition coefficient (Wildman–Crippen LogP) is 10.7. The largest absolute Gasteiger partial charge is 0.256 e. The summed E-state index contributed by atoms with van der Waals surface area (Å²) in [5.74, 6) is 0. The molecule has 1 nitrogen and oxygen atoms in total. The number of aromatic nitrogens is 1. The van der Waals surface area contributed by atoms with Gasteiger partial charge in [0, 0.05) is 22.7 Å². The van der Waals surface area contributed by atoms with Crippen molar-refractivity contribution in [3.63, 3.8) is 0 Å². The summed E-state index contributed by atoms with van der Waals surface area (Å²) in [5.41, 5.74) is 12.5. The average Bonchev–Trinajstić information content (AvgIpc) is 3.27. The number of rotatable bonds is 3. The zero-order valence-electron chi connectivity index (χ0n) is 23.2. The fourth-order valence-corrected chi connectivity index (χ4v) is 7.02. The lowest BCUT2D eigenvalue weighted by Gasteiger charge is -2.21. The predicted molar refractivity (Wildman–Crippen MR) is 173 cm³/mol. The lowest BCUT2D eigenvalue weighted by Crippen LogP contribution is -2.14. The first-order valence-corrected chi connectivity index (χ1v) is 14.3. The summed E-state index contributed by atoms with van der Waals surface area (Å²) in [6.45, 7) is 4.66. The minimum Gasteiger partial charge on any atom is -0.256 e. The maximum atomic E-state index is 5.15. The molecule has 0 aliphatic heterocycles. The van der Waals surface area contributed by atoms with Gasteiger partial charge in [-0.3, -0.25) is 4.98 Å². The van der Waals surface area contributed by atoms with E-state index in [1.54, 1.807) is 0 Å². The molecule has 41 heavy (non-hydrogen) atoms. The van der Waals surface area contributed by atoms with E-state index in [4.69, 9.17) is 4.98 Å². The molecular formula is C40H29N. The highest BCUT2D eigenvalue weighted by atomic mass is 14.7. The van der Waals surface area contributed by atoms with Gasteiger partial charge in [0.15, 0.2) is 0 Å². The first-order chi connectivity index (χ1) is 20.1. The molecule has 0 N–H and O–H groups in total. The van der Waals surface area contributed by atoms with Crippen LogP contribution < -0.4 is 0 Å². The molecule has 0 radical (unpaired) electrons. The third kappa shape index (κ3) is 3.52. The molecule has 7 aromatic rings. The molecule has 0 spiro atoms. The van der Waals surface area contributed by atoms with Crippen molar-refractivity contribution in [2.75, 3.05) is 0 Å². The van der Waals surface area contributed by atoms with Gasteiger partial charge >= 0.3 is 0 Å². The van der Waals surface area contributed by atoms with Gasteiger partial charge in [0.25, 0.3) is 0 Å². The van der Waals surface area contributed by atoms with Crippen molar-refractivity contribution in [3.8, 4) is 44.6 Å². The Morgan fingerprint density at radius 3 is 1.63 bits per heavy atom. The number of fused-ring (bicyclic) bond motifs is 5.